The summed E-state index contributed by atoms with van der Waals surface area (Å²) in [6.45, 7) is 5.46. The summed E-state index contributed by atoms with van der Waals surface area (Å²) in [6.07, 6.45) is 0.292. The van der Waals surface area contributed by atoms with Crippen LogP contribution >= 0.6 is 0 Å². The molecule has 0 aromatic heterocycles. The summed E-state index contributed by atoms with van der Waals surface area (Å²) in [5, 5.41) is 2.78. The van der Waals surface area contributed by atoms with E-state index in [9.17, 15) is 4.79 Å². The summed E-state index contributed by atoms with van der Waals surface area (Å²) in [7, 11) is 0. The van der Waals surface area contributed by atoms with Gasteiger partial charge >= 0.3 is 0 Å². The highest BCUT2D eigenvalue weighted by atomic mass is 16.7. The number of anilines is 1. The summed E-state index contributed by atoms with van der Waals surface area (Å²) in [4.78, 5) is 11.6. The molecular weight excluding hydrogens is 232 g/mol. The zero-order valence-corrected chi connectivity index (χ0v) is 10.8. The second-order valence-corrected chi connectivity index (χ2v) is 5.00. The molecule has 1 aliphatic heterocycles. The first-order valence-electron chi connectivity index (χ1n) is 5.93. The number of nitrogens with two attached hydrogens (primary N) is 1. The van der Waals surface area contributed by atoms with E-state index in [4.69, 9.17) is 15.2 Å². The number of carbonyl (C=O) groups excluding carboxylic acids is 1. The van der Waals surface area contributed by atoms with Gasteiger partial charge < -0.3 is 20.5 Å². The molecule has 0 saturated heterocycles. The number of amides is 1. The molecule has 1 aromatic carbocycles. The van der Waals surface area contributed by atoms with Crippen LogP contribution in [0.2, 0.25) is 0 Å². The smallest absolute Gasteiger partial charge is 0.246 e. The summed E-state index contributed by atoms with van der Waals surface area (Å²) in [5.41, 5.74) is 6.25. The molecule has 5 heteroatoms. The van der Waals surface area contributed by atoms with Crippen molar-refractivity contribution >= 4 is 11.6 Å². The summed E-state index contributed by atoms with van der Waals surface area (Å²) in [6, 6.07) is 5.16. The maximum Gasteiger partial charge on any atom is 0.246 e. The second kappa shape index (κ2) is 4.49. The van der Waals surface area contributed by atoms with Gasteiger partial charge in [-0.15, -0.1) is 0 Å². The minimum atomic E-state index is -0.656. The average Bonchev–Trinajstić information content (AvgIpc) is 2.49. The third-order valence-electron chi connectivity index (χ3n) is 2.45. The van der Waals surface area contributed by atoms with Gasteiger partial charge in [0, 0.05) is 38.1 Å². The van der Waals surface area contributed by atoms with E-state index in [2.05, 4.69) is 5.32 Å². The molecule has 1 aromatic rings. The van der Waals surface area contributed by atoms with E-state index in [1.807, 2.05) is 13.8 Å². The summed E-state index contributed by atoms with van der Waals surface area (Å²) in [5.74, 6) is 0.559. The first-order chi connectivity index (χ1) is 8.35. The predicted molar refractivity (Wildman–Crippen MR) is 68.7 cm³/mol. The molecule has 0 fully saturated rings. The van der Waals surface area contributed by atoms with Gasteiger partial charge in [0.25, 0.3) is 0 Å². The monoisotopic (exact) mass is 250 g/mol. The lowest BCUT2D eigenvalue weighted by Crippen LogP contribution is -2.29. The predicted octanol–water partition coefficient (Wildman–Crippen LogP) is 1.87. The Kier molecular flexibility index (Phi) is 3.17. The van der Waals surface area contributed by atoms with Crippen LogP contribution in [0.25, 0.3) is 0 Å². The molecule has 0 saturated carbocycles. The van der Waals surface area contributed by atoms with Crippen LogP contribution in [-0.4, -0.2) is 17.7 Å². The third kappa shape index (κ3) is 2.92. The number of rotatable bonds is 3. The molecule has 1 aliphatic rings. The fourth-order valence-electron chi connectivity index (χ4n) is 1.80. The van der Waals surface area contributed by atoms with Gasteiger partial charge in [0.05, 0.1) is 0 Å². The lowest BCUT2D eigenvalue weighted by molar-refractivity contribution is -0.116. The third-order valence-corrected chi connectivity index (χ3v) is 2.45. The van der Waals surface area contributed by atoms with Gasteiger partial charge in [-0.25, -0.2) is 0 Å². The Morgan fingerprint density at radius 2 is 2.06 bits per heavy atom. The molecule has 0 aliphatic carbocycles. The number of benzene rings is 1. The van der Waals surface area contributed by atoms with Crippen LogP contribution in [0.15, 0.2) is 18.2 Å². The van der Waals surface area contributed by atoms with E-state index in [1.54, 1.807) is 25.1 Å². The van der Waals surface area contributed by atoms with Crippen molar-refractivity contribution in [3.63, 3.8) is 0 Å². The van der Waals surface area contributed by atoms with Crippen LogP contribution < -0.4 is 20.5 Å². The molecular formula is C13H18N2O3. The summed E-state index contributed by atoms with van der Waals surface area (Å²) >= 11 is 0. The number of ether oxygens (including phenoxy) is 2. The Balaban J connectivity index is 2.07. The van der Waals surface area contributed by atoms with E-state index in [1.165, 1.54) is 0 Å². The Morgan fingerprint density at radius 3 is 2.72 bits per heavy atom. The van der Waals surface area contributed by atoms with Crippen molar-refractivity contribution in [2.75, 3.05) is 5.32 Å². The van der Waals surface area contributed by atoms with Crippen molar-refractivity contribution in [3.8, 4) is 11.5 Å². The molecule has 1 atom stereocenters. The first-order valence-corrected chi connectivity index (χ1v) is 5.93. The second-order valence-electron chi connectivity index (χ2n) is 5.00. The standard InChI is InChI=1S/C13H18N2O3/c1-8(14)6-12(16)15-9-4-5-10-11(7-9)18-13(2,3)17-10/h4-5,7-8H,6,14H2,1-3H3,(H,15,16). The zero-order chi connectivity index (χ0) is 13.3. The minimum Gasteiger partial charge on any atom is -0.449 e. The molecule has 0 spiro atoms. The van der Waals surface area contributed by atoms with Crippen molar-refractivity contribution in [2.24, 2.45) is 5.73 Å². The number of hydrogen-bond acceptors (Lipinski definition) is 4. The number of fused-ring (bicyclic) bond motifs is 1. The molecule has 2 rings (SSSR count). The van der Waals surface area contributed by atoms with Crippen LogP contribution in [0.4, 0.5) is 5.69 Å². The highest BCUT2D eigenvalue weighted by molar-refractivity contribution is 5.91. The summed E-state index contributed by atoms with van der Waals surface area (Å²) < 4.78 is 11.2. The minimum absolute atomic E-state index is 0.108. The SMILES string of the molecule is CC(N)CC(=O)Nc1ccc2c(c1)OC(C)(C)O2. The van der Waals surface area contributed by atoms with E-state index in [-0.39, 0.29) is 11.9 Å². The zero-order valence-electron chi connectivity index (χ0n) is 10.8. The first kappa shape index (κ1) is 12.7. The van der Waals surface area contributed by atoms with Crippen LogP contribution in [0.1, 0.15) is 27.2 Å². The molecule has 0 radical (unpaired) electrons. The van der Waals surface area contributed by atoms with Crippen LogP contribution in [0.5, 0.6) is 11.5 Å². The molecule has 1 heterocycles. The maximum absolute atomic E-state index is 11.6. The van der Waals surface area contributed by atoms with Crippen molar-refractivity contribution in [1.82, 2.24) is 0 Å². The van der Waals surface area contributed by atoms with E-state index < -0.39 is 5.79 Å². The maximum atomic E-state index is 11.6. The topological polar surface area (TPSA) is 73.6 Å². The molecule has 3 N–H and O–H groups in total. The lowest BCUT2D eigenvalue weighted by Gasteiger charge is -2.16. The quantitative estimate of drug-likeness (QED) is 0.858. The van der Waals surface area contributed by atoms with Gasteiger partial charge in [0.1, 0.15) is 0 Å². The fraction of sp³-hybridized carbons (Fsp3) is 0.462. The van der Waals surface area contributed by atoms with Crippen molar-refractivity contribution in [1.29, 1.82) is 0 Å². The number of carbonyl (C=O) groups is 1. The van der Waals surface area contributed by atoms with Crippen LogP contribution in [0, 0.1) is 0 Å². The molecule has 98 valence electrons. The van der Waals surface area contributed by atoms with Crippen LogP contribution in [-0.2, 0) is 4.79 Å². The van der Waals surface area contributed by atoms with Crippen molar-refractivity contribution in [2.45, 2.75) is 39.0 Å². The largest absolute Gasteiger partial charge is 0.449 e. The number of nitrogens with one attached hydrogen (secondary N) is 1. The van der Waals surface area contributed by atoms with Gasteiger partial charge in [-0.3, -0.25) is 4.79 Å². The van der Waals surface area contributed by atoms with Crippen molar-refractivity contribution in [3.05, 3.63) is 18.2 Å². The van der Waals surface area contributed by atoms with E-state index in [0.29, 0.717) is 23.6 Å². The van der Waals surface area contributed by atoms with Gasteiger partial charge in [-0.05, 0) is 19.1 Å². The Hall–Kier alpha value is -1.75. The Labute approximate surface area is 106 Å². The van der Waals surface area contributed by atoms with Gasteiger partial charge in [0.15, 0.2) is 11.5 Å². The lowest BCUT2D eigenvalue weighted by atomic mass is 10.2. The molecule has 1 amide bonds. The molecule has 18 heavy (non-hydrogen) atoms. The molecule has 0 bridgehead atoms. The highest BCUT2D eigenvalue weighted by Gasteiger charge is 2.31. The fourth-order valence-corrected chi connectivity index (χ4v) is 1.80. The molecule has 5 nitrogen and oxygen atoms in total. The Morgan fingerprint density at radius 1 is 1.39 bits per heavy atom. The van der Waals surface area contributed by atoms with Gasteiger partial charge in [0.2, 0.25) is 11.7 Å². The number of hydrogen-bond donors (Lipinski definition) is 2. The van der Waals surface area contributed by atoms with E-state index in [0.717, 1.165) is 0 Å². The normalized spacial score (nSPS) is 17.3. The highest BCUT2D eigenvalue weighted by Crippen LogP contribution is 2.40. The van der Waals surface area contributed by atoms with Crippen molar-refractivity contribution < 1.29 is 14.3 Å². The molecule has 1 unspecified atom stereocenters. The van der Waals surface area contributed by atoms with E-state index >= 15 is 0 Å². The Bertz CT molecular complexity index is 469. The van der Waals surface area contributed by atoms with Crippen LogP contribution in [0.3, 0.4) is 0 Å². The van der Waals surface area contributed by atoms with Gasteiger partial charge in [-0.1, -0.05) is 0 Å². The van der Waals surface area contributed by atoms with Gasteiger partial charge in [-0.2, -0.15) is 0 Å². The average molecular weight is 250 g/mol.